The summed E-state index contributed by atoms with van der Waals surface area (Å²) < 4.78 is 0. The summed E-state index contributed by atoms with van der Waals surface area (Å²) in [6, 6.07) is 0. The first-order valence-corrected chi connectivity index (χ1v) is 8.30. The van der Waals surface area contributed by atoms with Crippen molar-refractivity contribution in [3.05, 3.63) is 0 Å². The molecule has 0 radical (unpaired) electrons. The molecule has 0 heterocycles. The molecule has 0 aromatic rings. The van der Waals surface area contributed by atoms with Gasteiger partial charge < -0.3 is 5.11 Å². The molecular weight excluding hydrogens is 220 g/mol. The summed E-state index contributed by atoms with van der Waals surface area (Å²) in [6.45, 7) is 8.96. The van der Waals surface area contributed by atoms with Gasteiger partial charge in [0.2, 0.25) is 0 Å². The summed E-state index contributed by atoms with van der Waals surface area (Å²) in [5.74, 6) is 0.655. The van der Waals surface area contributed by atoms with E-state index in [0.29, 0.717) is 5.92 Å². The Morgan fingerprint density at radius 3 is 1.94 bits per heavy atom. The number of hydrogen-bond acceptors (Lipinski definition) is 1. The molecule has 0 fully saturated rings. The van der Waals surface area contributed by atoms with Crippen molar-refractivity contribution >= 4 is 0 Å². The van der Waals surface area contributed by atoms with Gasteiger partial charge in [-0.05, 0) is 25.2 Å². The first kappa shape index (κ1) is 18.0. The largest absolute Gasteiger partial charge is 0.390 e. The molecule has 0 saturated heterocycles. The van der Waals surface area contributed by atoms with E-state index in [1.807, 2.05) is 0 Å². The molecule has 0 aromatic heterocycles. The summed E-state index contributed by atoms with van der Waals surface area (Å²) in [6.07, 6.45) is 13.0. The molecule has 1 heteroatoms. The minimum atomic E-state index is -0.377. The van der Waals surface area contributed by atoms with Crippen LogP contribution in [0.3, 0.4) is 0 Å². The minimum Gasteiger partial charge on any atom is -0.390 e. The van der Waals surface area contributed by atoms with Crippen molar-refractivity contribution in [2.75, 3.05) is 0 Å². The van der Waals surface area contributed by atoms with Crippen molar-refractivity contribution in [2.24, 2.45) is 5.92 Å². The van der Waals surface area contributed by atoms with Crippen LogP contribution in [-0.2, 0) is 0 Å². The van der Waals surface area contributed by atoms with Crippen molar-refractivity contribution in [1.29, 1.82) is 0 Å². The third kappa shape index (κ3) is 8.97. The lowest BCUT2D eigenvalue weighted by atomic mass is 9.82. The Kier molecular flexibility index (Phi) is 10.8. The summed E-state index contributed by atoms with van der Waals surface area (Å²) >= 11 is 0. The second-order valence-electron chi connectivity index (χ2n) is 6.21. The maximum absolute atomic E-state index is 10.8. The summed E-state index contributed by atoms with van der Waals surface area (Å²) in [5, 5.41) is 10.8. The average molecular weight is 256 g/mol. The van der Waals surface area contributed by atoms with Gasteiger partial charge in [0, 0.05) is 0 Å². The van der Waals surface area contributed by atoms with Gasteiger partial charge in [-0.3, -0.25) is 0 Å². The van der Waals surface area contributed by atoms with E-state index in [4.69, 9.17) is 0 Å². The number of hydrogen-bond donors (Lipinski definition) is 1. The third-order valence-corrected chi connectivity index (χ3v) is 4.17. The highest BCUT2D eigenvalue weighted by atomic mass is 16.3. The summed E-state index contributed by atoms with van der Waals surface area (Å²) in [5.41, 5.74) is -0.377. The maximum atomic E-state index is 10.8. The van der Waals surface area contributed by atoms with Crippen molar-refractivity contribution in [1.82, 2.24) is 0 Å². The minimum absolute atomic E-state index is 0.377. The molecular formula is C17H36O. The van der Waals surface area contributed by atoms with Crippen LogP contribution in [0.2, 0.25) is 0 Å². The highest BCUT2D eigenvalue weighted by molar-refractivity contribution is 4.80. The van der Waals surface area contributed by atoms with Gasteiger partial charge in [-0.1, -0.05) is 79.1 Å². The normalized spacial score (nSPS) is 16.5. The van der Waals surface area contributed by atoms with Gasteiger partial charge in [0.25, 0.3) is 0 Å². The lowest BCUT2D eigenvalue weighted by Gasteiger charge is -2.31. The van der Waals surface area contributed by atoms with Crippen LogP contribution in [0.25, 0.3) is 0 Å². The monoisotopic (exact) mass is 256 g/mol. The van der Waals surface area contributed by atoms with Gasteiger partial charge >= 0.3 is 0 Å². The Balaban J connectivity index is 4.03. The Morgan fingerprint density at radius 1 is 0.833 bits per heavy atom. The van der Waals surface area contributed by atoms with Crippen LogP contribution in [0.15, 0.2) is 0 Å². The van der Waals surface area contributed by atoms with Crippen molar-refractivity contribution in [2.45, 2.75) is 104 Å². The molecule has 1 N–H and O–H groups in total. The van der Waals surface area contributed by atoms with Crippen LogP contribution in [-0.4, -0.2) is 10.7 Å². The molecule has 18 heavy (non-hydrogen) atoms. The molecule has 2 atom stereocenters. The molecule has 0 saturated carbocycles. The van der Waals surface area contributed by atoms with Gasteiger partial charge in [0.15, 0.2) is 0 Å². The SMILES string of the molecule is CCCCCCC[C@@](O)(CCCC)C[C@@H](C)CC. The molecule has 0 bridgehead atoms. The van der Waals surface area contributed by atoms with Crippen molar-refractivity contribution in [3.63, 3.8) is 0 Å². The first-order valence-electron chi connectivity index (χ1n) is 8.30. The Morgan fingerprint density at radius 2 is 1.39 bits per heavy atom. The number of rotatable bonds is 12. The van der Waals surface area contributed by atoms with E-state index in [9.17, 15) is 5.11 Å². The van der Waals surface area contributed by atoms with Crippen LogP contribution in [0.5, 0.6) is 0 Å². The molecule has 0 unspecified atom stereocenters. The molecule has 0 aliphatic carbocycles. The Bertz CT molecular complexity index is 178. The lowest BCUT2D eigenvalue weighted by Crippen LogP contribution is -2.31. The summed E-state index contributed by atoms with van der Waals surface area (Å²) in [4.78, 5) is 0. The third-order valence-electron chi connectivity index (χ3n) is 4.17. The molecule has 0 spiro atoms. The highest BCUT2D eigenvalue weighted by Gasteiger charge is 2.27. The Hall–Kier alpha value is -0.0400. The van der Waals surface area contributed by atoms with Gasteiger partial charge in [-0.15, -0.1) is 0 Å². The van der Waals surface area contributed by atoms with E-state index < -0.39 is 0 Å². The maximum Gasteiger partial charge on any atom is 0.0650 e. The van der Waals surface area contributed by atoms with Crippen LogP contribution >= 0.6 is 0 Å². The average Bonchev–Trinajstić information content (AvgIpc) is 2.36. The first-order chi connectivity index (χ1) is 8.58. The zero-order chi connectivity index (χ0) is 13.9. The summed E-state index contributed by atoms with van der Waals surface area (Å²) in [7, 11) is 0. The molecule has 0 amide bonds. The second kappa shape index (κ2) is 10.8. The van der Waals surface area contributed by atoms with Crippen LogP contribution in [0, 0.1) is 5.92 Å². The zero-order valence-electron chi connectivity index (χ0n) is 13.3. The van der Waals surface area contributed by atoms with E-state index in [1.165, 1.54) is 51.4 Å². The second-order valence-corrected chi connectivity index (χ2v) is 6.21. The van der Waals surface area contributed by atoms with Crippen molar-refractivity contribution < 1.29 is 5.11 Å². The topological polar surface area (TPSA) is 20.2 Å². The molecule has 0 rings (SSSR count). The highest BCUT2D eigenvalue weighted by Crippen LogP contribution is 2.30. The molecule has 0 aliphatic rings. The van der Waals surface area contributed by atoms with Gasteiger partial charge in [-0.2, -0.15) is 0 Å². The smallest absolute Gasteiger partial charge is 0.0650 e. The molecule has 0 aliphatic heterocycles. The quantitative estimate of drug-likeness (QED) is 0.444. The van der Waals surface area contributed by atoms with E-state index in [1.54, 1.807) is 0 Å². The predicted molar refractivity (Wildman–Crippen MR) is 81.9 cm³/mol. The van der Waals surface area contributed by atoms with E-state index in [2.05, 4.69) is 27.7 Å². The fourth-order valence-electron chi connectivity index (χ4n) is 2.69. The van der Waals surface area contributed by atoms with E-state index in [-0.39, 0.29) is 5.60 Å². The molecule has 0 aromatic carbocycles. The standard InChI is InChI=1S/C17H36O/c1-5-8-10-11-12-14-17(18,13-9-6-2)15-16(4)7-3/h16,18H,5-15H2,1-4H3/t16-,17-/m0/s1. The van der Waals surface area contributed by atoms with Crippen LogP contribution in [0.4, 0.5) is 0 Å². The van der Waals surface area contributed by atoms with Crippen LogP contribution in [0.1, 0.15) is 98.3 Å². The van der Waals surface area contributed by atoms with E-state index >= 15 is 0 Å². The van der Waals surface area contributed by atoms with Crippen molar-refractivity contribution in [3.8, 4) is 0 Å². The van der Waals surface area contributed by atoms with E-state index in [0.717, 1.165) is 19.3 Å². The molecule has 1 nitrogen and oxygen atoms in total. The lowest BCUT2D eigenvalue weighted by molar-refractivity contribution is -0.00333. The van der Waals surface area contributed by atoms with Gasteiger partial charge in [-0.25, -0.2) is 0 Å². The van der Waals surface area contributed by atoms with Gasteiger partial charge in [0.1, 0.15) is 0 Å². The van der Waals surface area contributed by atoms with Gasteiger partial charge in [0.05, 0.1) is 5.60 Å². The Labute approximate surface area is 115 Å². The zero-order valence-corrected chi connectivity index (χ0v) is 13.3. The predicted octanol–water partition coefficient (Wildman–Crippen LogP) is 5.70. The number of unbranched alkanes of at least 4 members (excludes halogenated alkanes) is 5. The fraction of sp³-hybridized carbons (Fsp3) is 1.00. The number of aliphatic hydroxyl groups is 1. The van der Waals surface area contributed by atoms with Crippen LogP contribution < -0.4 is 0 Å². The fourth-order valence-corrected chi connectivity index (χ4v) is 2.69. The molecule has 110 valence electrons.